The minimum atomic E-state index is -1.08. The maximum atomic E-state index is 13.9. The third-order valence-electron chi connectivity index (χ3n) is 6.11. The van der Waals surface area contributed by atoms with Gasteiger partial charge in [0.1, 0.15) is 23.3 Å². The molecule has 0 saturated heterocycles. The van der Waals surface area contributed by atoms with E-state index in [0.29, 0.717) is 19.4 Å². The zero-order chi connectivity index (χ0) is 29.0. The lowest BCUT2D eigenvalue weighted by molar-refractivity contribution is -0.125. The number of amides is 2. The Morgan fingerprint density at radius 3 is 2.26 bits per heavy atom. The van der Waals surface area contributed by atoms with Gasteiger partial charge in [-0.15, -0.1) is 0 Å². The number of aryl methyl sites for hydroxylation is 1. The molecule has 2 rings (SSSR count). The van der Waals surface area contributed by atoms with Crippen LogP contribution in [-0.4, -0.2) is 47.4 Å². The van der Waals surface area contributed by atoms with E-state index in [1.165, 1.54) is 17.7 Å². The van der Waals surface area contributed by atoms with E-state index < -0.39 is 47.4 Å². The average molecular weight is 548 g/mol. The quantitative estimate of drug-likeness (QED) is 0.273. The van der Waals surface area contributed by atoms with Gasteiger partial charge in [-0.05, 0) is 68.9 Å². The summed E-state index contributed by atoms with van der Waals surface area (Å²) in [5.74, 6) is -2.00. The van der Waals surface area contributed by atoms with Gasteiger partial charge >= 0.3 is 6.09 Å². The fraction of sp³-hybridized carbons (Fsp3) is 0.533. The first kappa shape index (κ1) is 32.2. The fourth-order valence-corrected chi connectivity index (χ4v) is 4.14. The largest absolute Gasteiger partial charge is 0.444 e. The van der Waals surface area contributed by atoms with Gasteiger partial charge in [0.2, 0.25) is 5.91 Å². The second-order valence-corrected chi connectivity index (χ2v) is 10.8. The Bertz CT molecular complexity index is 1050. The topological polar surface area (TPSA) is 99.7 Å². The van der Waals surface area contributed by atoms with Crippen molar-refractivity contribution in [2.24, 2.45) is 0 Å². The molecule has 0 heterocycles. The average Bonchev–Trinajstić information content (AvgIpc) is 2.84. The molecule has 4 N–H and O–H groups in total. The molecule has 0 saturated carbocycles. The van der Waals surface area contributed by atoms with Crippen LogP contribution in [0.4, 0.5) is 13.6 Å². The summed E-state index contributed by atoms with van der Waals surface area (Å²) in [5, 5.41) is 19.7. The summed E-state index contributed by atoms with van der Waals surface area (Å²) >= 11 is 0. The molecule has 2 aromatic carbocycles. The number of carbonyl (C=O) groups is 2. The summed E-state index contributed by atoms with van der Waals surface area (Å²) in [6, 6.07) is 9.41. The van der Waals surface area contributed by atoms with Crippen molar-refractivity contribution in [2.45, 2.75) is 97.1 Å². The van der Waals surface area contributed by atoms with E-state index >= 15 is 0 Å². The van der Waals surface area contributed by atoms with Crippen LogP contribution in [0.2, 0.25) is 0 Å². The van der Waals surface area contributed by atoms with Gasteiger partial charge in [0.15, 0.2) is 0 Å². The van der Waals surface area contributed by atoms with Crippen LogP contribution in [-0.2, 0) is 28.9 Å². The summed E-state index contributed by atoms with van der Waals surface area (Å²) in [4.78, 5) is 25.7. The van der Waals surface area contributed by atoms with Crippen LogP contribution in [0.25, 0.3) is 0 Å². The molecule has 0 unspecified atom stereocenters. The minimum absolute atomic E-state index is 0.0124. The molecule has 39 heavy (non-hydrogen) atoms. The molecule has 0 aliphatic carbocycles. The first-order valence-electron chi connectivity index (χ1n) is 13.6. The van der Waals surface area contributed by atoms with E-state index in [0.717, 1.165) is 24.5 Å². The number of hydrogen-bond donors (Lipinski definition) is 4. The Kier molecular flexibility index (Phi) is 12.8. The molecular formula is C30H43F2N3O4. The van der Waals surface area contributed by atoms with Crippen LogP contribution >= 0.6 is 0 Å². The standard InChI is InChI=1S/C30H43F2N3O4/c1-6-8-12-25(35-29(38)39-30(3,4)5)28(37)34-26(16-22-14-23(31)17-24(32)15-22)27(36)19-33-18-21-11-9-10-20(7-2)13-21/h9-11,13-15,17,25-27,33,36H,6-8,12,16,18-19H2,1-5H3,(H,34,37)(H,35,38)/t25-,26+,27-/m0/s1. The molecule has 7 nitrogen and oxygen atoms in total. The third-order valence-corrected chi connectivity index (χ3v) is 6.11. The Morgan fingerprint density at radius 1 is 0.974 bits per heavy atom. The van der Waals surface area contributed by atoms with Gasteiger partial charge in [0.05, 0.1) is 12.1 Å². The van der Waals surface area contributed by atoms with Crippen molar-refractivity contribution in [1.82, 2.24) is 16.0 Å². The lowest BCUT2D eigenvalue weighted by Crippen LogP contribution is -2.55. The van der Waals surface area contributed by atoms with Gasteiger partial charge in [-0.3, -0.25) is 4.79 Å². The van der Waals surface area contributed by atoms with E-state index in [1.807, 2.05) is 25.1 Å². The molecule has 216 valence electrons. The van der Waals surface area contributed by atoms with Crippen molar-refractivity contribution in [1.29, 1.82) is 0 Å². The van der Waals surface area contributed by atoms with Crippen molar-refractivity contribution < 1.29 is 28.2 Å². The molecule has 3 atom stereocenters. The number of nitrogens with one attached hydrogen (secondary N) is 3. The number of aliphatic hydroxyl groups is 1. The number of carbonyl (C=O) groups excluding carboxylic acids is 2. The summed E-state index contributed by atoms with van der Waals surface area (Å²) in [7, 11) is 0. The highest BCUT2D eigenvalue weighted by Gasteiger charge is 2.28. The molecule has 0 spiro atoms. The maximum absolute atomic E-state index is 13.9. The molecule has 0 radical (unpaired) electrons. The fourth-order valence-electron chi connectivity index (χ4n) is 4.14. The normalized spacial score (nSPS) is 13.8. The molecule has 0 fully saturated rings. The summed E-state index contributed by atoms with van der Waals surface area (Å²) in [5.41, 5.74) is 1.80. The van der Waals surface area contributed by atoms with Crippen LogP contribution in [0.5, 0.6) is 0 Å². The van der Waals surface area contributed by atoms with Crippen molar-refractivity contribution >= 4 is 12.0 Å². The van der Waals surface area contributed by atoms with E-state index in [-0.39, 0.29) is 18.5 Å². The predicted octanol–water partition coefficient (Wildman–Crippen LogP) is 4.79. The maximum Gasteiger partial charge on any atom is 0.408 e. The molecule has 2 amide bonds. The van der Waals surface area contributed by atoms with Crippen molar-refractivity contribution in [3.63, 3.8) is 0 Å². The number of hydrogen-bond acceptors (Lipinski definition) is 5. The number of rotatable bonds is 14. The minimum Gasteiger partial charge on any atom is -0.444 e. The van der Waals surface area contributed by atoms with Crippen molar-refractivity contribution in [3.05, 3.63) is 70.8 Å². The summed E-state index contributed by atoms with van der Waals surface area (Å²) < 4.78 is 33.1. The molecule has 2 aromatic rings. The summed E-state index contributed by atoms with van der Waals surface area (Å²) in [6.45, 7) is 9.84. The number of ether oxygens (including phenoxy) is 1. The molecule has 0 aliphatic heterocycles. The van der Waals surface area contributed by atoms with Gasteiger partial charge < -0.3 is 25.8 Å². The molecular weight excluding hydrogens is 504 g/mol. The van der Waals surface area contributed by atoms with Crippen LogP contribution in [0.1, 0.15) is 70.6 Å². The molecule has 0 bridgehead atoms. The van der Waals surface area contributed by atoms with E-state index in [4.69, 9.17) is 4.74 Å². The first-order valence-corrected chi connectivity index (χ1v) is 13.6. The van der Waals surface area contributed by atoms with Crippen LogP contribution < -0.4 is 16.0 Å². The van der Waals surface area contributed by atoms with Gasteiger partial charge in [-0.1, -0.05) is 51.0 Å². The monoisotopic (exact) mass is 547 g/mol. The zero-order valence-electron chi connectivity index (χ0n) is 23.7. The lowest BCUT2D eigenvalue weighted by Gasteiger charge is -2.28. The second kappa shape index (κ2) is 15.5. The van der Waals surface area contributed by atoms with Gasteiger partial charge in [-0.2, -0.15) is 0 Å². The number of unbranched alkanes of at least 4 members (excludes halogenated alkanes) is 1. The van der Waals surface area contributed by atoms with Gasteiger partial charge in [0.25, 0.3) is 0 Å². The highest BCUT2D eigenvalue weighted by molar-refractivity contribution is 5.86. The molecule has 9 heteroatoms. The summed E-state index contributed by atoms with van der Waals surface area (Å²) in [6.07, 6.45) is 0.936. The van der Waals surface area contributed by atoms with E-state index in [9.17, 15) is 23.5 Å². The third kappa shape index (κ3) is 12.1. The number of aliphatic hydroxyl groups excluding tert-OH is 1. The van der Waals surface area contributed by atoms with Crippen LogP contribution in [0.3, 0.4) is 0 Å². The van der Waals surface area contributed by atoms with E-state index in [1.54, 1.807) is 20.8 Å². The van der Waals surface area contributed by atoms with Crippen LogP contribution in [0.15, 0.2) is 42.5 Å². The second-order valence-electron chi connectivity index (χ2n) is 10.8. The van der Waals surface area contributed by atoms with Crippen LogP contribution in [0, 0.1) is 11.6 Å². The number of alkyl carbamates (subject to hydrolysis) is 1. The first-order chi connectivity index (χ1) is 18.4. The van der Waals surface area contributed by atoms with Gasteiger partial charge in [-0.25, -0.2) is 13.6 Å². The van der Waals surface area contributed by atoms with E-state index in [2.05, 4.69) is 28.9 Å². The zero-order valence-corrected chi connectivity index (χ0v) is 23.7. The molecule has 0 aromatic heterocycles. The van der Waals surface area contributed by atoms with Crippen molar-refractivity contribution in [2.75, 3.05) is 6.54 Å². The highest BCUT2D eigenvalue weighted by atomic mass is 19.1. The predicted molar refractivity (Wildman–Crippen MR) is 148 cm³/mol. The Balaban J connectivity index is 2.16. The Morgan fingerprint density at radius 2 is 1.64 bits per heavy atom. The Hall–Kier alpha value is -3.04. The smallest absolute Gasteiger partial charge is 0.408 e. The van der Waals surface area contributed by atoms with Crippen molar-refractivity contribution in [3.8, 4) is 0 Å². The SMILES string of the molecule is CCCC[C@H](NC(=O)OC(C)(C)C)C(=O)N[C@H](Cc1cc(F)cc(F)c1)[C@@H](O)CNCc1cccc(CC)c1. The number of benzene rings is 2. The number of halogens is 2. The molecule has 0 aliphatic rings. The lowest BCUT2D eigenvalue weighted by atomic mass is 9.99. The Labute approximate surface area is 230 Å². The highest BCUT2D eigenvalue weighted by Crippen LogP contribution is 2.14. The van der Waals surface area contributed by atoms with Gasteiger partial charge in [0, 0.05) is 19.2 Å².